The number of nitrogens with zero attached hydrogens (tertiary/aromatic N) is 2. The average Bonchev–Trinajstić information content (AvgIpc) is 2.79. The lowest BCUT2D eigenvalue weighted by molar-refractivity contribution is 0.251. The number of anilines is 1. The standard InChI is InChI=1S/C25H24N4O2/c1-16-13-20-21(14-17(16)2)24(30)29(3)23(22(20)18-9-5-4-6-10-18)28-25(31)27-15-19-11-7-8-12-26-19/h4-14H,15H2,1-3H3,(H2,27,28,31). The second-order valence-electron chi connectivity index (χ2n) is 7.56. The number of nitrogens with one attached hydrogen (secondary N) is 2. The third-order valence-electron chi connectivity index (χ3n) is 5.46. The molecule has 4 rings (SSSR count). The van der Waals surface area contributed by atoms with Gasteiger partial charge < -0.3 is 5.32 Å². The first kappa shape index (κ1) is 20.3. The molecule has 0 bridgehead atoms. The summed E-state index contributed by atoms with van der Waals surface area (Å²) in [4.78, 5) is 30.1. The zero-order valence-corrected chi connectivity index (χ0v) is 17.8. The quantitative estimate of drug-likeness (QED) is 0.517. The predicted octanol–water partition coefficient (Wildman–Crippen LogP) is 4.54. The van der Waals surface area contributed by atoms with Gasteiger partial charge in [0, 0.05) is 24.2 Å². The molecule has 2 amide bonds. The molecule has 156 valence electrons. The molecule has 0 fully saturated rings. The number of carbonyl (C=O) groups excluding carboxylic acids is 1. The summed E-state index contributed by atoms with van der Waals surface area (Å²) in [7, 11) is 1.68. The molecule has 4 aromatic rings. The van der Waals surface area contributed by atoms with Crippen LogP contribution in [0.3, 0.4) is 0 Å². The maximum Gasteiger partial charge on any atom is 0.320 e. The van der Waals surface area contributed by atoms with E-state index in [1.165, 1.54) is 4.57 Å². The van der Waals surface area contributed by atoms with Gasteiger partial charge in [-0.05, 0) is 54.1 Å². The Labute approximate surface area is 180 Å². The first-order valence-corrected chi connectivity index (χ1v) is 10.1. The van der Waals surface area contributed by atoms with E-state index in [1.54, 1.807) is 13.2 Å². The molecule has 0 saturated carbocycles. The van der Waals surface area contributed by atoms with Gasteiger partial charge in [-0.2, -0.15) is 0 Å². The van der Waals surface area contributed by atoms with Crippen molar-refractivity contribution in [3.63, 3.8) is 0 Å². The molecule has 2 N–H and O–H groups in total. The Kier molecular flexibility index (Phi) is 5.54. The van der Waals surface area contributed by atoms with Gasteiger partial charge in [0.1, 0.15) is 5.82 Å². The third kappa shape index (κ3) is 4.05. The number of amides is 2. The normalized spacial score (nSPS) is 10.8. The minimum absolute atomic E-state index is 0.155. The van der Waals surface area contributed by atoms with Crippen LogP contribution in [0.1, 0.15) is 16.8 Å². The van der Waals surface area contributed by atoms with Crippen molar-refractivity contribution in [2.24, 2.45) is 7.05 Å². The molecule has 0 radical (unpaired) electrons. The van der Waals surface area contributed by atoms with E-state index in [0.717, 1.165) is 33.3 Å². The van der Waals surface area contributed by atoms with E-state index in [1.807, 2.05) is 74.5 Å². The van der Waals surface area contributed by atoms with E-state index in [2.05, 4.69) is 15.6 Å². The van der Waals surface area contributed by atoms with Gasteiger partial charge in [-0.3, -0.25) is 19.7 Å². The van der Waals surface area contributed by atoms with Crippen molar-refractivity contribution in [2.75, 3.05) is 5.32 Å². The molecule has 2 heterocycles. The number of hydrogen-bond donors (Lipinski definition) is 2. The summed E-state index contributed by atoms with van der Waals surface area (Å²) < 4.78 is 1.50. The fourth-order valence-electron chi connectivity index (χ4n) is 3.65. The molecular weight excluding hydrogens is 388 g/mol. The fourth-order valence-corrected chi connectivity index (χ4v) is 3.65. The fraction of sp³-hybridized carbons (Fsp3) is 0.160. The van der Waals surface area contributed by atoms with E-state index < -0.39 is 6.03 Å². The van der Waals surface area contributed by atoms with Crippen LogP contribution in [0.4, 0.5) is 10.6 Å². The summed E-state index contributed by atoms with van der Waals surface area (Å²) in [6, 6.07) is 18.9. The lowest BCUT2D eigenvalue weighted by atomic mass is 9.96. The highest BCUT2D eigenvalue weighted by atomic mass is 16.2. The van der Waals surface area contributed by atoms with Gasteiger partial charge in [0.05, 0.1) is 12.2 Å². The van der Waals surface area contributed by atoms with Crippen LogP contribution in [-0.4, -0.2) is 15.6 Å². The summed E-state index contributed by atoms with van der Waals surface area (Å²) in [6.45, 7) is 4.30. The number of aromatic nitrogens is 2. The topological polar surface area (TPSA) is 76.0 Å². The van der Waals surface area contributed by atoms with Crippen LogP contribution in [0.25, 0.3) is 21.9 Å². The molecule has 0 unspecified atom stereocenters. The molecule has 6 nitrogen and oxygen atoms in total. The van der Waals surface area contributed by atoms with Crippen molar-refractivity contribution in [1.29, 1.82) is 0 Å². The largest absolute Gasteiger partial charge is 0.332 e. The van der Waals surface area contributed by atoms with Gasteiger partial charge in [-0.1, -0.05) is 42.5 Å². The Morgan fingerprint density at radius 2 is 1.65 bits per heavy atom. The second-order valence-corrected chi connectivity index (χ2v) is 7.56. The van der Waals surface area contributed by atoms with E-state index in [9.17, 15) is 9.59 Å². The number of pyridine rings is 2. The minimum Gasteiger partial charge on any atom is -0.332 e. The van der Waals surface area contributed by atoms with Crippen LogP contribution in [0, 0.1) is 13.8 Å². The first-order valence-electron chi connectivity index (χ1n) is 10.1. The van der Waals surface area contributed by atoms with E-state index in [0.29, 0.717) is 11.2 Å². The molecule has 31 heavy (non-hydrogen) atoms. The monoisotopic (exact) mass is 412 g/mol. The Hall–Kier alpha value is -3.93. The number of carbonyl (C=O) groups is 1. The van der Waals surface area contributed by atoms with Crippen molar-refractivity contribution in [2.45, 2.75) is 20.4 Å². The molecule has 0 spiro atoms. The first-order chi connectivity index (χ1) is 15.0. The van der Waals surface area contributed by atoms with E-state index >= 15 is 0 Å². The van der Waals surface area contributed by atoms with Crippen molar-refractivity contribution in [3.8, 4) is 11.1 Å². The molecule has 0 saturated heterocycles. The zero-order chi connectivity index (χ0) is 22.0. The molecule has 0 aliphatic carbocycles. The highest BCUT2D eigenvalue weighted by molar-refractivity contribution is 6.05. The van der Waals surface area contributed by atoms with Crippen LogP contribution in [0.2, 0.25) is 0 Å². The van der Waals surface area contributed by atoms with Crippen LogP contribution in [0.5, 0.6) is 0 Å². The Morgan fingerprint density at radius 3 is 2.32 bits per heavy atom. The van der Waals surface area contributed by atoms with Gasteiger partial charge in [0.15, 0.2) is 0 Å². The van der Waals surface area contributed by atoms with Crippen LogP contribution < -0.4 is 16.2 Å². The number of hydrogen-bond acceptors (Lipinski definition) is 3. The number of rotatable bonds is 4. The Bertz CT molecular complexity index is 1310. The Morgan fingerprint density at radius 1 is 0.968 bits per heavy atom. The minimum atomic E-state index is -0.402. The van der Waals surface area contributed by atoms with Crippen molar-refractivity contribution < 1.29 is 4.79 Å². The van der Waals surface area contributed by atoms with Crippen molar-refractivity contribution in [3.05, 3.63) is 94.0 Å². The highest BCUT2D eigenvalue weighted by Crippen LogP contribution is 2.34. The maximum absolute atomic E-state index is 13.1. The van der Waals surface area contributed by atoms with Gasteiger partial charge in [-0.15, -0.1) is 0 Å². The van der Waals surface area contributed by atoms with Gasteiger partial charge in [0.25, 0.3) is 5.56 Å². The molecule has 0 aliphatic rings. The predicted molar refractivity (Wildman–Crippen MR) is 124 cm³/mol. The Balaban J connectivity index is 1.82. The molecule has 0 atom stereocenters. The second kappa shape index (κ2) is 8.44. The molecule has 0 aliphatic heterocycles. The third-order valence-corrected chi connectivity index (χ3v) is 5.46. The lowest BCUT2D eigenvalue weighted by Gasteiger charge is -2.19. The summed E-state index contributed by atoms with van der Waals surface area (Å²) in [5.41, 5.74) is 4.47. The van der Waals surface area contributed by atoms with Crippen LogP contribution >= 0.6 is 0 Å². The zero-order valence-electron chi connectivity index (χ0n) is 17.8. The number of fused-ring (bicyclic) bond motifs is 1. The summed E-state index contributed by atoms with van der Waals surface area (Å²) in [5.74, 6) is 0.450. The van der Waals surface area contributed by atoms with Crippen LogP contribution in [-0.2, 0) is 13.6 Å². The van der Waals surface area contributed by atoms with Gasteiger partial charge in [-0.25, -0.2) is 4.79 Å². The number of aryl methyl sites for hydroxylation is 2. The molecule has 2 aromatic carbocycles. The van der Waals surface area contributed by atoms with Crippen molar-refractivity contribution in [1.82, 2.24) is 14.9 Å². The number of benzene rings is 2. The molecular formula is C25H24N4O2. The summed E-state index contributed by atoms with van der Waals surface area (Å²) in [5, 5.41) is 7.16. The average molecular weight is 412 g/mol. The smallest absolute Gasteiger partial charge is 0.320 e. The SMILES string of the molecule is Cc1cc2c(-c3ccccc3)c(NC(=O)NCc3ccccn3)n(C)c(=O)c2cc1C. The summed E-state index contributed by atoms with van der Waals surface area (Å²) >= 11 is 0. The van der Waals surface area contributed by atoms with Gasteiger partial charge >= 0.3 is 6.03 Å². The highest BCUT2D eigenvalue weighted by Gasteiger charge is 2.19. The van der Waals surface area contributed by atoms with Crippen molar-refractivity contribution >= 4 is 22.6 Å². The van der Waals surface area contributed by atoms with Crippen LogP contribution in [0.15, 0.2) is 71.7 Å². The lowest BCUT2D eigenvalue weighted by Crippen LogP contribution is -2.32. The molecule has 6 heteroatoms. The number of urea groups is 1. The van der Waals surface area contributed by atoms with E-state index in [4.69, 9.17) is 0 Å². The molecule has 2 aromatic heterocycles. The van der Waals surface area contributed by atoms with Gasteiger partial charge in [0.2, 0.25) is 0 Å². The maximum atomic E-state index is 13.1. The summed E-state index contributed by atoms with van der Waals surface area (Å²) in [6.07, 6.45) is 1.68. The van der Waals surface area contributed by atoms with E-state index in [-0.39, 0.29) is 12.1 Å².